The molecule has 1 saturated heterocycles. The van der Waals surface area contributed by atoms with Crippen molar-refractivity contribution in [3.8, 4) is 0 Å². The summed E-state index contributed by atoms with van der Waals surface area (Å²) in [6.07, 6.45) is 5.51. The molecular weight excluding hydrogens is 316 g/mol. The van der Waals surface area contributed by atoms with Crippen molar-refractivity contribution >= 4 is 17.7 Å². The van der Waals surface area contributed by atoms with Crippen LogP contribution in [0.4, 0.5) is 10.5 Å². The Morgan fingerprint density at radius 3 is 2.64 bits per heavy atom. The molecule has 1 fully saturated rings. The minimum Gasteiger partial charge on any atom is -0.444 e. The van der Waals surface area contributed by atoms with E-state index in [1.54, 1.807) is 4.90 Å². The summed E-state index contributed by atoms with van der Waals surface area (Å²) in [4.78, 5) is 26.8. The normalized spacial score (nSPS) is 20.1. The second kappa shape index (κ2) is 7.06. The van der Waals surface area contributed by atoms with E-state index < -0.39 is 17.7 Å². The molecule has 136 valence electrons. The maximum absolute atomic E-state index is 12.8. The van der Waals surface area contributed by atoms with Crippen molar-refractivity contribution in [2.24, 2.45) is 0 Å². The number of fused-ring (bicyclic) bond motifs is 1. The molecule has 25 heavy (non-hydrogen) atoms. The molecule has 1 aliphatic heterocycles. The minimum atomic E-state index is -0.560. The van der Waals surface area contributed by atoms with Crippen LogP contribution in [-0.2, 0) is 22.4 Å². The number of likely N-dealkylation sites (tertiary alicyclic amines) is 1. The average molecular weight is 344 g/mol. The van der Waals surface area contributed by atoms with Crippen molar-refractivity contribution < 1.29 is 14.3 Å². The molecule has 2 amide bonds. The monoisotopic (exact) mass is 344 g/mol. The SMILES string of the molecule is CC(C)(C)OC(=O)N1CCCCC1C(=O)Nc1ccc2c(c1)CCC2. The maximum Gasteiger partial charge on any atom is 0.410 e. The molecule has 1 aliphatic carbocycles. The fraction of sp³-hybridized carbons (Fsp3) is 0.600. The average Bonchev–Trinajstić information content (AvgIpc) is 3.01. The predicted molar refractivity (Wildman–Crippen MR) is 97.7 cm³/mol. The van der Waals surface area contributed by atoms with Crippen LogP contribution in [0.5, 0.6) is 0 Å². The summed E-state index contributed by atoms with van der Waals surface area (Å²) in [6.45, 7) is 6.09. The first-order chi connectivity index (χ1) is 11.8. The number of anilines is 1. The fourth-order valence-electron chi connectivity index (χ4n) is 3.62. The molecule has 0 saturated carbocycles. The van der Waals surface area contributed by atoms with Gasteiger partial charge in [-0.05, 0) is 82.6 Å². The van der Waals surface area contributed by atoms with Crippen molar-refractivity contribution in [2.75, 3.05) is 11.9 Å². The number of amides is 2. The van der Waals surface area contributed by atoms with Crippen molar-refractivity contribution in [1.29, 1.82) is 0 Å². The lowest BCUT2D eigenvalue weighted by Crippen LogP contribution is -2.51. The number of ether oxygens (including phenoxy) is 1. The van der Waals surface area contributed by atoms with E-state index >= 15 is 0 Å². The Balaban J connectivity index is 1.69. The summed E-state index contributed by atoms with van der Waals surface area (Å²) in [5.74, 6) is -0.122. The maximum atomic E-state index is 12.8. The van der Waals surface area contributed by atoms with Gasteiger partial charge in [-0.15, -0.1) is 0 Å². The third kappa shape index (κ3) is 4.33. The number of benzene rings is 1. The fourth-order valence-corrected chi connectivity index (χ4v) is 3.62. The second-order valence-corrected chi connectivity index (χ2v) is 8.01. The van der Waals surface area contributed by atoms with E-state index in [1.165, 1.54) is 17.5 Å². The highest BCUT2D eigenvalue weighted by molar-refractivity contribution is 5.96. The van der Waals surface area contributed by atoms with Gasteiger partial charge in [0.05, 0.1) is 0 Å². The highest BCUT2D eigenvalue weighted by Gasteiger charge is 2.34. The van der Waals surface area contributed by atoms with Crippen LogP contribution in [0, 0.1) is 0 Å². The number of piperidine rings is 1. The molecule has 5 heteroatoms. The van der Waals surface area contributed by atoms with E-state index in [9.17, 15) is 9.59 Å². The molecule has 0 radical (unpaired) electrons. The van der Waals surface area contributed by atoms with Crippen LogP contribution in [0.1, 0.15) is 57.6 Å². The molecule has 1 aromatic carbocycles. The number of carbonyl (C=O) groups is 2. The Morgan fingerprint density at radius 2 is 1.88 bits per heavy atom. The van der Waals surface area contributed by atoms with E-state index in [1.807, 2.05) is 26.8 Å². The standard InChI is InChI=1S/C20H28N2O3/c1-20(2,3)25-19(24)22-12-5-4-9-17(22)18(23)21-16-11-10-14-7-6-8-15(14)13-16/h10-11,13,17H,4-9,12H2,1-3H3,(H,21,23). The Kier molecular flexibility index (Phi) is 5.02. The van der Waals surface area contributed by atoms with Crippen molar-refractivity contribution in [3.63, 3.8) is 0 Å². The predicted octanol–water partition coefficient (Wildman–Crippen LogP) is 3.90. The molecule has 3 rings (SSSR count). The summed E-state index contributed by atoms with van der Waals surface area (Å²) in [5, 5.41) is 3.00. The number of carbonyl (C=O) groups excluding carboxylic acids is 2. The molecule has 2 aliphatic rings. The highest BCUT2D eigenvalue weighted by Crippen LogP contribution is 2.26. The van der Waals surface area contributed by atoms with Crippen LogP contribution in [0.3, 0.4) is 0 Å². The van der Waals surface area contributed by atoms with Gasteiger partial charge in [-0.2, -0.15) is 0 Å². The van der Waals surface area contributed by atoms with E-state index in [2.05, 4.69) is 17.4 Å². The number of aryl methyl sites for hydroxylation is 2. The lowest BCUT2D eigenvalue weighted by atomic mass is 10.0. The van der Waals surface area contributed by atoms with Gasteiger partial charge in [0, 0.05) is 12.2 Å². The van der Waals surface area contributed by atoms with Gasteiger partial charge in [0.1, 0.15) is 11.6 Å². The van der Waals surface area contributed by atoms with Crippen molar-refractivity contribution in [3.05, 3.63) is 29.3 Å². The van der Waals surface area contributed by atoms with Gasteiger partial charge in [0.2, 0.25) is 5.91 Å². The van der Waals surface area contributed by atoms with Gasteiger partial charge in [0.25, 0.3) is 0 Å². The van der Waals surface area contributed by atoms with Crippen LogP contribution in [-0.4, -0.2) is 35.1 Å². The molecule has 5 nitrogen and oxygen atoms in total. The molecule has 0 aromatic heterocycles. The second-order valence-electron chi connectivity index (χ2n) is 8.01. The molecule has 1 heterocycles. The quantitative estimate of drug-likeness (QED) is 0.885. The van der Waals surface area contributed by atoms with Crippen LogP contribution in [0.15, 0.2) is 18.2 Å². The van der Waals surface area contributed by atoms with Crippen LogP contribution in [0.2, 0.25) is 0 Å². The van der Waals surface area contributed by atoms with E-state index in [0.717, 1.165) is 31.4 Å². The first-order valence-electron chi connectivity index (χ1n) is 9.26. The summed E-state index contributed by atoms with van der Waals surface area (Å²) >= 11 is 0. The van der Waals surface area contributed by atoms with Crippen molar-refractivity contribution in [2.45, 2.75) is 70.9 Å². The van der Waals surface area contributed by atoms with E-state index in [0.29, 0.717) is 13.0 Å². The molecule has 1 N–H and O–H groups in total. The number of hydrogen-bond donors (Lipinski definition) is 1. The van der Waals surface area contributed by atoms with Crippen molar-refractivity contribution in [1.82, 2.24) is 4.90 Å². The number of rotatable bonds is 2. The molecule has 1 unspecified atom stereocenters. The Labute approximate surface area is 149 Å². The van der Waals surface area contributed by atoms with Gasteiger partial charge in [-0.3, -0.25) is 9.69 Å². The number of nitrogens with one attached hydrogen (secondary N) is 1. The minimum absolute atomic E-state index is 0.122. The lowest BCUT2D eigenvalue weighted by molar-refractivity contribution is -0.122. The third-order valence-corrected chi connectivity index (χ3v) is 4.80. The van der Waals surface area contributed by atoms with E-state index in [4.69, 9.17) is 4.74 Å². The summed E-state index contributed by atoms with van der Waals surface area (Å²) in [6, 6.07) is 5.67. The van der Waals surface area contributed by atoms with Gasteiger partial charge in [-0.25, -0.2) is 4.79 Å². The zero-order valence-electron chi connectivity index (χ0n) is 15.4. The van der Waals surface area contributed by atoms with Gasteiger partial charge < -0.3 is 10.1 Å². The summed E-state index contributed by atoms with van der Waals surface area (Å²) in [7, 11) is 0. The summed E-state index contributed by atoms with van der Waals surface area (Å²) < 4.78 is 5.48. The molecule has 1 atom stereocenters. The van der Waals surface area contributed by atoms with Gasteiger partial charge in [0.15, 0.2) is 0 Å². The first-order valence-corrected chi connectivity index (χ1v) is 9.26. The molecule has 0 bridgehead atoms. The first kappa shape index (κ1) is 17.8. The number of hydrogen-bond acceptors (Lipinski definition) is 3. The Hall–Kier alpha value is -2.04. The zero-order chi connectivity index (χ0) is 18.0. The smallest absolute Gasteiger partial charge is 0.410 e. The zero-order valence-corrected chi connectivity index (χ0v) is 15.4. The molecule has 0 spiro atoms. The van der Waals surface area contributed by atoms with Crippen LogP contribution in [0.25, 0.3) is 0 Å². The van der Waals surface area contributed by atoms with E-state index in [-0.39, 0.29) is 5.91 Å². The number of nitrogens with zero attached hydrogens (tertiary/aromatic N) is 1. The van der Waals surface area contributed by atoms with Gasteiger partial charge >= 0.3 is 6.09 Å². The molecular formula is C20H28N2O3. The Bertz CT molecular complexity index is 663. The molecule has 1 aromatic rings. The largest absolute Gasteiger partial charge is 0.444 e. The van der Waals surface area contributed by atoms with Crippen LogP contribution < -0.4 is 5.32 Å². The highest BCUT2D eigenvalue weighted by atomic mass is 16.6. The summed E-state index contributed by atoms with van der Waals surface area (Å²) in [5.41, 5.74) is 2.96. The topological polar surface area (TPSA) is 58.6 Å². The van der Waals surface area contributed by atoms with Crippen LogP contribution >= 0.6 is 0 Å². The lowest BCUT2D eigenvalue weighted by Gasteiger charge is -2.35. The third-order valence-electron chi connectivity index (χ3n) is 4.80. The van der Waals surface area contributed by atoms with Gasteiger partial charge in [-0.1, -0.05) is 6.07 Å². The Morgan fingerprint density at radius 1 is 1.12 bits per heavy atom.